The van der Waals surface area contributed by atoms with Crippen molar-refractivity contribution in [3.8, 4) is 0 Å². The zero-order chi connectivity index (χ0) is 7.61. The van der Waals surface area contributed by atoms with Crippen molar-refractivity contribution >= 4 is 0 Å². The fourth-order valence-electron chi connectivity index (χ4n) is 1.49. The molecule has 0 radical (unpaired) electrons. The number of hydrogen-bond acceptors (Lipinski definition) is 1. The van der Waals surface area contributed by atoms with Crippen LogP contribution in [0.2, 0.25) is 0 Å². The average molecular weight is 144 g/mol. The summed E-state index contributed by atoms with van der Waals surface area (Å²) in [6.07, 6.45) is 2.37. The summed E-state index contributed by atoms with van der Waals surface area (Å²) in [5.41, 5.74) is 0. The molecule has 2 heteroatoms. The third-order valence-electron chi connectivity index (χ3n) is 2.66. The molecular formula is C8H18NO+. The van der Waals surface area contributed by atoms with E-state index in [2.05, 4.69) is 13.8 Å². The van der Waals surface area contributed by atoms with Gasteiger partial charge in [0.1, 0.15) is 19.6 Å². The van der Waals surface area contributed by atoms with Gasteiger partial charge in [-0.25, -0.2) is 5.21 Å². The molecule has 1 fully saturated rings. The van der Waals surface area contributed by atoms with E-state index in [1.54, 1.807) is 0 Å². The van der Waals surface area contributed by atoms with Gasteiger partial charge in [-0.05, 0) is 12.8 Å². The third kappa shape index (κ3) is 1.70. The third-order valence-corrected chi connectivity index (χ3v) is 2.66. The van der Waals surface area contributed by atoms with E-state index < -0.39 is 0 Å². The van der Waals surface area contributed by atoms with Gasteiger partial charge in [0.15, 0.2) is 0 Å². The van der Waals surface area contributed by atoms with E-state index in [4.69, 9.17) is 0 Å². The van der Waals surface area contributed by atoms with Gasteiger partial charge in [0, 0.05) is 12.8 Å². The molecule has 10 heavy (non-hydrogen) atoms. The first-order chi connectivity index (χ1) is 4.66. The summed E-state index contributed by atoms with van der Waals surface area (Å²) in [6.45, 7) is 7.09. The van der Waals surface area contributed by atoms with Crippen LogP contribution in [-0.4, -0.2) is 29.5 Å². The van der Waals surface area contributed by atoms with Crippen molar-refractivity contribution in [2.75, 3.05) is 19.6 Å². The van der Waals surface area contributed by atoms with Crippen LogP contribution in [0.3, 0.4) is 0 Å². The van der Waals surface area contributed by atoms with Crippen molar-refractivity contribution in [2.45, 2.75) is 26.7 Å². The maximum atomic E-state index is 9.74. The number of quaternary nitrogens is 1. The quantitative estimate of drug-likeness (QED) is 0.555. The van der Waals surface area contributed by atoms with Crippen molar-refractivity contribution in [2.24, 2.45) is 5.92 Å². The normalized spacial score (nSPS) is 41.7. The second-order valence-corrected chi connectivity index (χ2v) is 3.54. The fraction of sp³-hybridized carbons (Fsp3) is 1.00. The lowest BCUT2D eigenvalue weighted by Gasteiger charge is -2.34. The molecule has 1 N–H and O–H groups in total. The molecule has 1 heterocycles. The second kappa shape index (κ2) is 2.89. The summed E-state index contributed by atoms with van der Waals surface area (Å²) in [5.74, 6) is 0.824. The summed E-state index contributed by atoms with van der Waals surface area (Å²) in [7, 11) is 0. The smallest absolute Gasteiger partial charge is 0.109 e. The highest BCUT2D eigenvalue weighted by Gasteiger charge is 2.28. The molecule has 2 nitrogen and oxygen atoms in total. The Morgan fingerprint density at radius 1 is 1.40 bits per heavy atom. The van der Waals surface area contributed by atoms with E-state index in [-0.39, 0.29) is 0 Å². The molecule has 0 unspecified atom stereocenters. The Morgan fingerprint density at radius 2 is 1.90 bits per heavy atom. The number of piperidine rings is 1. The topological polar surface area (TPSA) is 20.2 Å². The van der Waals surface area contributed by atoms with Crippen molar-refractivity contribution in [3.05, 3.63) is 0 Å². The molecule has 0 aromatic heterocycles. The first-order valence-electron chi connectivity index (χ1n) is 4.25. The minimum Gasteiger partial charge on any atom is -0.217 e. The molecule has 1 rings (SSSR count). The van der Waals surface area contributed by atoms with Gasteiger partial charge in [-0.1, -0.05) is 6.92 Å². The van der Waals surface area contributed by atoms with E-state index in [0.717, 1.165) is 25.6 Å². The lowest BCUT2D eigenvalue weighted by atomic mass is 9.99. The second-order valence-electron chi connectivity index (χ2n) is 3.54. The Labute approximate surface area is 63.0 Å². The molecule has 0 aromatic carbocycles. The minimum atomic E-state index is 0.310. The average Bonchev–Trinajstić information content (AvgIpc) is 1.96. The van der Waals surface area contributed by atoms with Gasteiger partial charge in [0.05, 0.1) is 0 Å². The Morgan fingerprint density at radius 3 is 2.30 bits per heavy atom. The SMILES string of the molecule is CC[N+]1(O)CCC(C)CC1. The van der Waals surface area contributed by atoms with Gasteiger partial charge in [-0.15, -0.1) is 0 Å². The van der Waals surface area contributed by atoms with Crippen LogP contribution in [0.5, 0.6) is 0 Å². The van der Waals surface area contributed by atoms with Gasteiger partial charge < -0.3 is 0 Å². The van der Waals surface area contributed by atoms with Gasteiger partial charge >= 0.3 is 0 Å². The predicted octanol–water partition coefficient (Wildman–Crippen LogP) is 1.64. The zero-order valence-electron chi connectivity index (χ0n) is 7.01. The molecule has 0 spiro atoms. The molecule has 0 saturated carbocycles. The van der Waals surface area contributed by atoms with E-state index in [1.807, 2.05) is 0 Å². The number of hydroxylamine groups is 3. The fourth-order valence-corrected chi connectivity index (χ4v) is 1.49. The van der Waals surface area contributed by atoms with E-state index in [1.165, 1.54) is 12.8 Å². The van der Waals surface area contributed by atoms with Crippen molar-refractivity contribution < 1.29 is 9.85 Å². The largest absolute Gasteiger partial charge is 0.217 e. The number of likely N-dealkylation sites (tertiary alicyclic amines) is 1. The standard InChI is InChI=1S/C8H18NO/c1-3-9(10)6-4-8(2)5-7-9/h8,10H,3-7H2,1-2H3/q+1. The molecule has 0 amide bonds. The molecule has 0 atom stereocenters. The predicted molar refractivity (Wildman–Crippen MR) is 40.7 cm³/mol. The highest BCUT2D eigenvalue weighted by molar-refractivity contribution is 4.56. The first kappa shape index (κ1) is 8.02. The maximum absolute atomic E-state index is 9.74. The highest BCUT2D eigenvalue weighted by Crippen LogP contribution is 2.20. The van der Waals surface area contributed by atoms with Crippen LogP contribution in [0.15, 0.2) is 0 Å². The summed E-state index contributed by atoms with van der Waals surface area (Å²) < 4.78 is 0.310. The highest BCUT2D eigenvalue weighted by atomic mass is 16.5. The molecule has 1 saturated heterocycles. The van der Waals surface area contributed by atoms with E-state index in [0.29, 0.717) is 4.65 Å². The molecule has 0 aromatic rings. The van der Waals surface area contributed by atoms with E-state index >= 15 is 0 Å². The Kier molecular flexibility index (Phi) is 2.32. The Balaban J connectivity index is 2.38. The molecular weight excluding hydrogens is 126 g/mol. The Bertz CT molecular complexity index is 106. The van der Waals surface area contributed by atoms with E-state index in [9.17, 15) is 5.21 Å². The Hall–Kier alpha value is -0.0800. The number of rotatable bonds is 1. The monoisotopic (exact) mass is 144 g/mol. The summed E-state index contributed by atoms with van der Waals surface area (Å²) >= 11 is 0. The van der Waals surface area contributed by atoms with Crippen molar-refractivity contribution in [1.82, 2.24) is 0 Å². The van der Waals surface area contributed by atoms with Gasteiger partial charge in [0.25, 0.3) is 0 Å². The lowest BCUT2D eigenvalue weighted by molar-refractivity contribution is -1.10. The van der Waals surface area contributed by atoms with Crippen LogP contribution < -0.4 is 0 Å². The van der Waals surface area contributed by atoms with Gasteiger partial charge in [0.2, 0.25) is 0 Å². The first-order valence-corrected chi connectivity index (χ1v) is 4.25. The van der Waals surface area contributed by atoms with Crippen molar-refractivity contribution in [1.29, 1.82) is 0 Å². The molecule has 0 aliphatic carbocycles. The summed E-state index contributed by atoms with van der Waals surface area (Å²) in [6, 6.07) is 0. The molecule has 0 bridgehead atoms. The van der Waals surface area contributed by atoms with Crippen LogP contribution in [0.4, 0.5) is 0 Å². The van der Waals surface area contributed by atoms with Crippen LogP contribution in [0.1, 0.15) is 26.7 Å². The van der Waals surface area contributed by atoms with Crippen LogP contribution in [0, 0.1) is 5.92 Å². The lowest BCUT2D eigenvalue weighted by Crippen LogP contribution is -2.49. The maximum Gasteiger partial charge on any atom is 0.109 e. The zero-order valence-corrected chi connectivity index (χ0v) is 7.01. The van der Waals surface area contributed by atoms with Crippen LogP contribution in [0.25, 0.3) is 0 Å². The van der Waals surface area contributed by atoms with Crippen LogP contribution >= 0.6 is 0 Å². The minimum absolute atomic E-state index is 0.310. The molecule has 60 valence electrons. The number of nitrogens with zero attached hydrogens (tertiary/aromatic N) is 1. The summed E-state index contributed by atoms with van der Waals surface area (Å²) in [4.78, 5) is 0. The van der Waals surface area contributed by atoms with Crippen molar-refractivity contribution in [3.63, 3.8) is 0 Å². The molecule has 1 aliphatic rings. The number of hydrogen-bond donors (Lipinski definition) is 1. The van der Waals surface area contributed by atoms with Gasteiger partial charge in [-0.2, -0.15) is 4.65 Å². The molecule has 1 aliphatic heterocycles. The van der Waals surface area contributed by atoms with Crippen LogP contribution in [-0.2, 0) is 0 Å². The summed E-state index contributed by atoms with van der Waals surface area (Å²) in [5, 5.41) is 9.74. The van der Waals surface area contributed by atoms with Gasteiger partial charge in [-0.3, -0.25) is 0 Å².